The molecule has 0 heterocycles. The standard InChI is InChI=1S/C30H38N2O5/c1-20(2)26(28(34)36-19-21-11-7-6-8-12-21)32-27-23(16-15-22-13-9-10-14-25(22)27)17-24(18-33)31-29(35)37-30(3,4)5/h6-16,20,24,26,32-33H,17-19H2,1-5H3,(H,31,35)/t24-,26-/m0/s1. The number of aliphatic hydroxyl groups excluding tert-OH is 1. The Bertz CT molecular complexity index is 1190. The number of alkyl carbamates (subject to hydrolysis) is 1. The molecular weight excluding hydrogens is 468 g/mol. The molecule has 0 saturated carbocycles. The molecule has 2 atom stereocenters. The van der Waals surface area contributed by atoms with E-state index in [2.05, 4.69) is 10.6 Å². The number of nitrogens with one attached hydrogen (secondary N) is 2. The second-order valence-corrected chi connectivity index (χ2v) is 10.5. The molecule has 0 aliphatic carbocycles. The first kappa shape index (κ1) is 28.0. The molecule has 0 spiro atoms. The Morgan fingerprint density at radius 3 is 2.27 bits per heavy atom. The van der Waals surface area contributed by atoms with Gasteiger partial charge in [0.1, 0.15) is 18.2 Å². The minimum absolute atomic E-state index is 0.0522. The molecule has 0 radical (unpaired) electrons. The number of carbonyl (C=O) groups is 2. The number of carbonyl (C=O) groups excluding carboxylic acids is 2. The van der Waals surface area contributed by atoms with Gasteiger partial charge in [-0.05, 0) is 49.6 Å². The van der Waals surface area contributed by atoms with Crippen LogP contribution in [0.3, 0.4) is 0 Å². The monoisotopic (exact) mass is 506 g/mol. The van der Waals surface area contributed by atoms with Gasteiger partial charge in [-0.1, -0.05) is 80.6 Å². The van der Waals surface area contributed by atoms with Gasteiger partial charge in [0, 0.05) is 11.1 Å². The summed E-state index contributed by atoms with van der Waals surface area (Å²) in [5.74, 6) is -0.396. The van der Waals surface area contributed by atoms with Crippen molar-refractivity contribution >= 4 is 28.5 Å². The molecule has 7 heteroatoms. The van der Waals surface area contributed by atoms with Crippen LogP contribution >= 0.6 is 0 Å². The molecule has 3 N–H and O–H groups in total. The fourth-order valence-electron chi connectivity index (χ4n) is 4.03. The van der Waals surface area contributed by atoms with E-state index in [1.165, 1.54) is 0 Å². The molecule has 198 valence electrons. The van der Waals surface area contributed by atoms with Gasteiger partial charge in [-0.3, -0.25) is 0 Å². The summed E-state index contributed by atoms with van der Waals surface area (Å²) in [7, 11) is 0. The smallest absolute Gasteiger partial charge is 0.407 e. The predicted molar refractivity (Wildman–Crippen MR) is 146 cm³/mol. The van der Waals surface area contributed by atoms with Gasteiger partial charge in [-0.15, -0.1) is 0 Å². The Balaban J connectivity index is 1.86. The number of rotatable bonds is 10. The molecule has 37 heavy (non-hydrogen) atoms. The number of anilines is 1. The fraction of sp³-hybridized carbons (Fsp3) is 0.400. The van der Waals surface area contributed by atoms with Crippen LogP contribution in [0.15, 0.2) is 66.7 Å². The van der Waals surface area contributed by atoms with Crippen molar-refractivity contribution in [3.8, 4) is 0 Å². The summed E-state index contributed by atoms with van der Waals surface area (Å²) >= 11 is 0. The molecule has 3 rings (SSSR count). The van der Waals surface area contributed by atoms with Crippen molar-refractivity contribution in [1.82, 2.24) is 5.32 Å². The van der Waals surface area contributed by atoms with Crippen LogP contribution in [0.1, 0.15) is 45.7 Å². The zero-order valence-corrected chi connectivity index (χ0v) is 22.3. The molecule has 1 amide bonds. The summed E-state index contributed by atoms with van der Waals surface area (Å²) in [6.07, 6.45) is -0.251. The second kappa shape index (κ2) is 12.6. The van der Waals surface area contributed by atoms with Crippen LogP contribution in [0, 0.1) is 5.92 Å². The molecule has 7 nitrogen and oxygen atoms in total. The largest absolute Gasteiger partial charge is 0.459 e. The van der Waals surface area contributed by atoms with E-state index in [1.807, 2.05) is 80.6 Å². The lowest BCUT2D eigenvalue weighted by atomic mass is 9.96. The van der Waals surface area contributed by atoms with Gasteiger partial charge in [0.15, 0.2) is 0 Å². The quantitative estimate of drug-likeness (QED) is 0.317. The molecule has 0 saturated heterocycles. The van der Waals surface area contributed by atoms with Gasteiger partial charge in [-0.2, -0.15) is 0 Å². The highest BCUT2D eigenvalue weighted by Gasteiger charge is 2.27. The fourth-order valence-corrected chi connectivity index (χ4v) is 4.03. The molecule has 0 aliphatic heterocycles. The van der Waals surface area contributed by atoms with E-state index in [1.54, 1.807) is 20.8 Å². The summed E-state index contributed by atoms with van der Waals surface area (Å²) in [6.45, 7) is 9.22. The van der Waals surface area contributed by atoms with Gasteiger partial charge in [0.05, 0.1) is 12.6 Å². The lowest BCUT2D eigenvalue weighted by Crippen LogP contribution is -2.42. The van der Waals surface area contributed by atoms with Crippen LogP contribution in [0.5, 0.6) is 0 Å². The van der Waals surface area contributed by atoms with Crippen molar-refractivity contribution in [3.63, 3.8) is 0 Å². The lowest BCUT2D eigenvalue weighted by Gasteiger charge is -2.26. The molecule has 3 aromatic rings. The maximum atomic E-state index is 13.2. The molecule has 0 fully saturated rings. The molecule has 0 aromatic heterocycles. The summed E-state index contributed by atoms with van der Waals surface area (Å²) in [5, 5.41) is 18.2. The van der Waals surface area contributed by atoms with Crippen molar-refractivity contribution in [2.24, 2.45) is 5.92 Å². The average molecular weight is 507 g/mol. The SMILES string of the molecule is CC(C)[C@H](Nc1c(C[C@@H](CO)NC(=O)OC(C)(C)C)ccc2ccccc12)C(=O)OCc1ccccc1. The van der Waals surface area contributed by atoms with Crippen molar-refractivity contribution in [2.75, 3.05) is 11.9 Å². The number of aliphatic hydroxyl groups is 1. The third-order valence-electron chi connectivity index (χ3n) is 5.87. The minimum atomic E-state index is -0.648. The Kier molecular flexibility index (Phi) is 9.53. The van der Waals surface area contributed by atoms with E-state index < -0.39 is 23.8 Å². The van der Waals surface area contributed by atoms with Crippen LogP contribution in [0.2, 0.25) is 0 Å². The first-order chi connectivity index (χ1) is 17.6. The van der Waals surface area contributed by atoms with Crippen LogP contribution in [-0.4, -0.2) is 41.5 Å². The molecular formula is C30H38N2O5. The minimum Gasteiger partial charge on any atom is -0.459 e. The van der Waals surface area contributed by atoms with Crippen molar-refractivity contribution in [3.05, 3.63) is 77.9 Å². The van der Waals surface area contributed by atoms with E-state index in [0.29, 0.717) is 6.42 Å². The second-order valence-electron chi connectivity index (χ2n) is 10.5. The first-order valence-corrected chi connectivity index (χ1v) is 12.7. The highest BCUT2D eigenvalue weighted by Crippen LogP contribution is 2.30. The summed E-state index contributed by atoms with van der Waals surface area (Å²) < 4.78 is 11.0. The highest BCUT2D eigenvalue weighted by molar-refractivity contribution is 5.97. The Morgan fingerprint density at radius 2 is 1.62 bits per heavy atom. The average Bonchev–Trinajstić information content (AvgIpc) is 2.85. The zero-order chi connectivity index (χ0) is 27.0. The van der Waals surface area contributed by atoms with Gasteiger partial charge in [0.25, 0.3) is 0 Å². The summed E-state index contributed by atoms with van der Waals surface area (Å²) in [6, 6.07) is 20.3. The maximum absolute atomic E-state index is 13.2. The number of esters is 1. The van der Waals surface area contributed by atoms with Crippen molar-refractivity contribution in [2.45, 2.75) is 65.3 Å². The third-order valence-corrected chi connectivity index (χ3v) is 5.87. The van der Waals surface area contributed by atoms with Crippen molar-refractivity contribution in [1.29, 1.82) is 0 Å². The van der Waals surface area contributed by atoms with Crippen LogP contribution in [0.4, 0.5) is 10.5 Å². The highest BCUT2D eigenvalue weighted by atomic mass is 16.6. The van der Waals surface area contributed by atoms with E-state index in [9.17, 15) is 14.7 Å². The van der Waals surface area contributed by atoms with Crippen LogP contribution in [-0.2, 0) is 27.3 Å². The number of benzene rings is 3. The van der Waals surface area contributed by atoms with Crippen molar-refractivity contribution < 1.29 is 24.2 Å². The Morgan fingerprint density at radius 1 is 0.946 bits per heavy atom. The van der Waals surface area contributed by atoms with Gasteiger partial charge in [-0.25, -0.2) is 9.59 Å². The van der Waals surface area contributed by atoms with E-state index in [0.717, 1.165) is 27.6 Å². The normalized spacial score (nSPS) is 13.2. The van der Waals surface area contributed by atoms with Crippen LogP contribution < -0.4 is 10.6 Å². The first-order valence-electron chi connectivity index (χ1n) is 12.7. The number of amides is 1. The van der Waals surface area contributed by atoms with E-state index in [4.69, 9.17) is 9.47 Å². The third kappa shape index (κ3) is 8.22. The van der Waals surface area contributed by atoms with Gasteiger partial charge >= 0.3 is 12.1 Å². The summed E-state index contributed by atoms with van der Waals surface area (Å²) in [5.41, 5.74) is 1.90. The number of hydrogen-bond acceptors (Lipinski definition) is 6. The Labute approximate surface area is 219 Å². The van der Waals surface area contributed by atoms with E-state index in [-0.39, 0.29) is 25.1 Å². The molecule has 0 unspecified atom stereocenters. The number of fused-ring (bicyclic) bond motifs is 1. The Hall–Kier alpha value is -3.58. The predicted octanol–water partition coefficient (Wildman–Crippen LogP) is 5.45. The summed E-state index contributed by atoms with van der Waals surface area (Å²) in [4.78, 5) is 25.5. The molecule has 0 aliphatic rings. The van der Waals surface area contributed by atoms with Crippen LogP contribution in [0.25, 0.3) is 10.8 Å². The topological polar surface area (TPSA) is 96.9 Å². The zero-order valence-electron chi connectivity index (χ0n) is 22.3. The lowest BCUT2D eigenvalue weighted by molar-refractivity contribution is -0.146. The van der Waals surface area contributed by atoms with Gasteiger partial charge in [0.2, 0.25) is 0 Å². The molecule has 0 bridgehead atoms. The van der Waals surface area contributed by atoms with Gasteiger partial charge < -0.3 is 25.2 Å². The molecule has 3 aromatic carbocycles. The van der Waals surface area contributed by atoms with E-state index >= 15 is 0 Å². The number of ether oxygens (including phenoxy) is 2. The maximum Gasteiger partial charge on any atom is 0.407 e. The number of hydrogen-bond donors (Lipinski definition) is 3.